The van der Waals surface area contributed by atoms with E-state index in [9.17, 15) is 4.79 Å². The van der Waals surface area contributed by atoms with Gasteiger partial charge >= 0.3 is 5.69 Å². The molecule has 4 heteroatoms. The van der Waals surface area contributed by atoms with E-state index in [4.69, 9.17) is 16.4 Å². The Balaban J connectivity index is 2.95. The first-order valence-electron chi connectivity index (χ1n) is 9.73. The van der Waals surface area contributed by atoms with Gasteiger partial charge in [-0.2, -0.15) is 0 Å². The molecule has 14 heavy (non-hydrogen) atoms. The van der Waals surface area contributed by atoms with Crippen molar-refractivity contribution >= 4 is 5.82 Å². The standard InChI is InChI=1S/C10H15N3O/c1-8-3-2-6-13(7-8)9-4-5-11-10(14)12-9/h4-5,8H,2-3,6-7H2,1H3,(H,11,12,14)/i1D3,2D2,3D2,6D2,7D2,8D. The zero-order chi connectivity index (χ0) is 20.6. The summed E-state index contributed by atoms with van der Waals surface area (Å²) < 4.78 is 94.6. The minimum absolute atomic E-state index is 0.0518. The van der Waals surface area contributed by atoms with E-state index in [0.29, 0.717) is 0 Å². The Morgan fingerprint density at radius 2 is 2.86 bits per heavy atom. The Morgan fingerprint density at radius 1 is 1.93 bits per heavy atom. The van der Waals surface area contributed by atoms with Crippen LogP contribution in [-0.4, -0.2) is 23.0 Å². The molecule has 76 valence electrons. The number of aromatic amines is 1. The van der Waals surface area contributed by atoms with Crippen LogP contribution in [0.3, 0.4) is 0 Å². The van der Waals surface area contributed by atoms with E-state index < -0.39 is 50.0 Å². The summed E-state index contributed by atoms with van der Waals surface area (Å²) in [6.45, 7) is -10.8. The molecule has 0 bridgehead atoms. The van der Waals surface area contributed by atoms with E-state index in [1.807, 2.05) is 4.98 Å². The first kappa shape index (κ1) is 2.62. The molecule has 1 aliphatic rings. The molecular formula is C10H15N3O. The van der Waals surface area contributed by atoms with E-state index in [2.05, 4.69) is 4.98 Å². The maximum absolute atomic E-state index is 11.4. The Kier molecular flexibility index (Phi) is 0.715. The average Bonchev–Trinajstić information content (AvgIpc) is 2.42. The summed E-state index contributed by atoms with van der Waals surface area (Å²) in [5.41, 5.74) is -1.05. The first-order chi connectivity index (χ1) is 11.4. The fourth-order valence-electron chi connectivity index (χ4n) is 0.924. The second-order valence-electron chi connectivity index (χ2n) is 2.44. The van der Waals surface area contributed by atoms with Crippen molar-refractivity contribution in [3.63, 3.8) is 0 Å². The third kappa shape index (κ3) is 1.95. The predicted molar refractivity (Wildman–Crippen MR) is 55.5 cm³/mol. The zero-order valence-electron chi connectivity index (χ0n) is 19.0. The van der Waals surface area contributed by atoms with Crippen LogP contribution >= 0.6 is 0 Å². The smallest absolute Gasteiger partial charge is 0.346 e. The second kappa shape index (κ2) is 3.82. The number of nitrogens with zero attached hydrogens (tertiary/aromatic N) is 2. The lowest BCUT2D eigenvalue weighted by Gasteiger charge is -2.31. The molecule has 1 atom stereocenters. The largest absolute Gasteiger partial charge is 0.358 e. The van der Waals surface area contributed by atoms with Gasteiger partial charge in [0.1, 0.15) is 5.82 Å². The van der Waals surface area contributed by atoms with Gasteiger partial charge in [0.05, 0.1) is 0 Å². The molecule has 0 saturated carbocycles. The van der Waals surface area contributed by atoms with Crippen LogP contribution in [0, 0.1) is 5.89 Å². The Labute approximate surface area is 99.8 Å². The molecule has 4 nitrogen and oxygen atoms in total. The Hall–Kier alpha value is -1.32. The summed E-state index contributed by atoms with van der Waals surface area (Å²) in [6, 6.07) is 0.897. The van der Waals surface area contributed by atoms with Crippen LogP contribution in [0.1, 0.15) is 36.0 Å². The van der Waals surface area contributed by atoms with Gasteiger partial charge in [0.25, 0.3) is 0 Å². The van der Waals surface area contributed by atoms with Gasteiger partial charge in [-0.05, 0) is 24.7 Å². The van der Waals surface area contributed by atoms with Crippen LogP contribution in [0.25, 0.3) is 0 Å². The summed E-state index contributed by atoms with van der Waals surface area (Å²) in [4.78, 5) is 16.6. The fourth-order valence-corrected chi connectivity index (χ4v) is 0.924. The normalized spacial score (nSPS) is 55.6. The fraction of sp³-hybridized carbons (Fsp3) is 0.600. The lowest BCUT2D eigenvalue weighted by atomic mass is 10.0. The molecule has 2 rings (SSSR count). The minimum atomic E-state index is -3.78. The van der Waals surface area contributed by atoms with Gasteiger partial charge < -0.3 is 4.90 Å². The Morgan fingerprint density at radius 3 is 3.64 bits per heavy atom. The lowest BCUT2D eigenvalue weighted by Crippen LogP contribution is -2.35. The molecule has 1 aromatic rings. The summed E-state index contributed by atoms with van der Waals surface area (Å²) in [5, 5.41) is 0. The van der Waals surface area contributed by atoms with Crippen molar-refractivity contribution in [2.45, 2.75) is 19.6 Å². The SMILES string of the molecule is [2H]C([2H])([2H])C1([2H])C([2H])([2H])N(c2ccnc(=O)[nH]2)C([2H])([2H])C([2H])([2H])C1([2H])[2H]. The van der Waals surface area contributed by atoms with Gasteiger partial charge in [0.2, 0.25) is 0 Å². The molecule has 0 spiro atoms. The topological polar surface area (TPSA) is 49.0 Å². The number of hydrogen-bond donors (Lipinski definition) is 1. The molecule has 0 amide bonds. The number of hydrogen-bond acceptors (Lipinski definition) is 3. The number of anilines is 1. The predicted octanol–water partition coefficient (Wildman–Crippen LogP) is 1.01. The van der Waals surface area contributed by atoms with Crippen molar-refractivity contribution in [1.29, 1.82) is 0 Å². The summed E-state index contributed by atoms with van der Waals surface area (Å²) in [7, 11) is 0. The molecule has 1 unspecified atom stereocenters. The van der Waals surface area contributed by atoms with Crippen LogP contribution in [0.2, 0.25) is 0 Å². The van der Waals surface area contributed by atoms with Crippen molar-refractivity contribution < 1.29 is 16.4 Å². The van der Waals surface area contributed by atoms with E-state index >= 15 is 0 Å². The van der Waals surface area contributed by atoms with Gasteiger partial charge in [-0.15, -0.1) is 0 Å². The van der Waals surface area contributed by atoms with E-state index in [-0.39, 0.29) is 4.90 Å². The van der Waals surface area contributed by atoms with Crippen LogP contribution in [-0.2, 0) is 0 Å². The molecule has 0 radical (unpaired) electrons. The lowest BCUT2D eigenvalue weighted by molar-refractivity contribution is 0.444. The maximum Gasteiger partial charge on any atom is 0.346 e. The minimum Gasteiger partial charge on any atom is -0.358 e. The van der Waals surface area contributed by atoms with Crippen molar-refractivity contribution in [2.24, 2.45) is 5.89 Å². The quantitative estimate of drug-likeness (QED) is 0.744. The molecule has 1 fully saturated rings. The molecule has 1 aromatic heterocycles. The molecule has 0 aromatic carbocycles. The number of piperidine rings is 1. The highest BCUT2D eigenvalue weighted by atomic mass is 16.1. The van der Waals surface area contributed by atoms with E-state index in [1.165, 1.54) is 0 Å². The van der Waals surface area contributed by atoms with Gasteiger partial charge in [0, 0.05) is 35.6 Å². The van der Waals surface area contributed by atoms with E-state index in [0.717, 1.165) is 12.3 Å². The Bertz CT molecular complexity index is 771. The highest BCUT2D eigenvalue weighted by Gasteiger charge is 2.16. The molecule has 2 heterocycles. The third-order valence-corrected chi connectivity index (χ3v) is 1.48. The summed E-state index contributed by atoms with van der Waals surface area (Å²) in [5.74, 6) is -4.43. The second-order valence-corrected chi connectivity index (χ2v) is 2.44. The number of rotatable bonds is 1. The van der Waals surface area contributed by atoms with Crippen LogP contribution in [0.4, 0.5) is 5.82 Å². The molecule has 1 aliphatic heterocycles. The molecule has 1 N–H and O–H groups in total. The summed E-state index contributed by atoms with van der Waals surface area (Å²) in [6.07, 6.45) is -6.57. The maximum atomic E-state index is 11.4. The highest BCUT2D eigenvalue weighted by molar-refractivity contribution is 5.36. The van der Waals surface area contributed by atoms with Gasteiger partial charge in [-0.3, -0.25) is 4.98 Å². The molecule has 1 saturated heterocycles. The molecular weight excluding hydrogens is 178 g/mol. The van der Waals surface area contributed by atoms with Crippen molar-refractivity contribution in [3.05, 3.63) is 22.7 Å². The number of H-pyrrole nitrogens is 1. The van der Waals surface area contributed by atoms with Crippen LogP contribution in [0.15, 0.2) is 17.1 Å². The van der Waals surface area contributed by atoms with Gasteiger partial charge in [-0.25, -0.2) is 9.78 Å². The van der Waals surface area contributed by atoms with Crippen molar-refractivity contribution in [1.82, 2.24) is 9.97 Å². The number of aromatic nitrogens is 2. The average molecular weight is 205 g/mol. The zero-order valence-corrected chi connectivity index (χ0v) is 6.96. The van der Waals surface area contributed by atoms with Crippen LogP contribution in [0.5, 0.6) is 0 Å². The number of nitrogens with one attached hydrogen (secondary N) is 1. The van der Waals surface area contributed by atoms with E-state index in [1.54, 1.807) is 0 Å². The van der Waals surface area contributed by atoms with Gasteiger partial charge in [0.15, 0.2) is 0 Å². The monoisotopic (exact) mass is 205 g/mol. The van der Waals surface area contributed by atoms with Crippen LogP contribution < -0.4 is 10.6 Å². The molecule has 0 aliphatic carbocycles. The van der Waals surface area contributed by atoms with Crippen molar-refractivity contribution in [2.75, 3.05) is 17.9 Å². The van der Waals surface area contributed by atoms with Crippen molar-refractivity contribution in [3.8, 4) is 0 Å². The first-order valence-corrected chi connectivity index (χ1v) is 3.73. The highest BCUT2D eigenvalue weighted by Crippen LogP contribution is 2.19. The van der Waals surface area contributed by atoms with Gasteiger partial charge in [-0.1, -0.05) is 6.85 Å². The summed E-state index contributed by atoms with van der Waals surface area (Å²) >= 11 is 0. The third-order valence-electron chi connectivity index (χ3n) is 1.48.